The first kappa shape index (κ1) is 15.3. The van der Waals surface area contributed by atoms with Gasteiger partial charge >= 0.3 is 0 Å². The number of benzene rings is 1. The lowest BCUT2D eigenvalue weighted by Crippen LogP contribution is -2.55. The molecule has 0 bridgehead atoms. The molecule has 1 heterocycles. The predicted molar refractivity (Wildman–Crippen MR) is 79.1 cm³/mol. The molecular formula is C14H22N2O3S. The quantitative estimate of drug-likeness (QED) is 0.843. The van der Waals surface area contributed by atoms with Crippen LogP contribution in [0.25, 0.3) is 0 Å². The van der Waals surface area contributed by atoms with Crippen LogP contribution in [0.15, 0.2) is 17.0 Å². The van der Waals surface area contributed by atoms with E-state index in [1.54, 1.807) is 12.1 Å². The van der Waals surface area contributed by atoms with Crippen molar-refractivity contribution in [2.24, 2.45) is 0 Å². The maximum absolute atomic E-state index is 12.9. The molecule has 1 aromatic carbocycles. The van der Waals surface area contributed by atoms with Gasteiger partial charge in [0.05, 0.1) is 23.6 Å². The number of sulfonamides is 1. The fourth-order valence-corrected chi connectivity index (χ4v) is 4.62. The van der Waals surface area contributed by atoms with Crippen LogP contribution in [-0.4, -0.2) is 38.0 Å². The Morgan fingerprint density at radius 1 is 1.30 bits per heavy atom. The molecule has 0 aromatic heterocycles. The Labute approximate surface area is 120 Å². The molecule has 2 rings (SSSR count). The highest BCUT2D eigenvalue weighted by Crippen LogP contribution is 2.31. The van der Waals surface area contributed by atoms with Gasteiger partial charge in [-0.25, -0.2) is 8.42 Å². The van der Waals surface area contributed by atoms with Crippen LogP contribution in [0.1, 0.15) is 25.0 Å². The van der Waals surface area contributed by atoms with E-state index in [2.05, 4.69) is 0 Å². The van der Waals surface area contributed by atoms with Crippen LogP contribution < -0.4 is 5.73 Å². The van der Waals surface area contributed by atoms with Gasteiger partial charge < -0.3 is 10.5 Å². The van der Waals surface area contributed by atoms with Gasteiger partial charge in [-0.1, -0.05) is 0 Å². The molecule has 112 valence electrons. The van der Waals surface area contributed by atoms with E-state index < -0.39 is 15.6 Å². The molecule has 1 aliphatic rings. The Hall–Kier alpha value is -1.11. The largest absolute Gasteiger partial charge is 0.399 e. The highest BCUT2D eigenvalue weighted by molar-refractivity contribution is 7.89. The van der Waals surface area contributed by atoms with Crippen LogP contribution in [0.5, 0.6) is 0 Å². The molecule has 1 saturated heterocycles. The molecular weight excluding hydrogens is 276 g/mol. The minimum atomic E-state index is -3.57. The molecule has 1 fully saturated rings. The molecule has 0 radical (unpaired) electrons. The summed E-state index contributed by atoms with van der Waals surface area (Å²) in [6.07, 6.45) is 0. The normalized spacial score (nSPS) is 20.0. The van der Waals surface area contributed by atoms with E-state index in [-0.39, 0.29) is 0 Å². The smallest absolute Gasteiger partial charge is 0.244 e. The number of nitrogens with zero attached hydrogens (tertiary/aromatic N) is 1. The molecule has 5 nitrogen and oxygen atoms in total. The molecule has 1 aliphatic heterocycles. The number of morpholine rings is 1. The zero-order valence-electron chi connectivity index (χ0n) is 12.4. The van der Waals surface area contributed by atoms with Gasteiger partial charge in [0, 0.05) is 12.2 Å². The second kappa shape index (κ2) is 5.02. The third-order valence-corrected chi connectivity index (χ3v) is 6.02. The first-order chi connectivity index (χ1) is 9.16. The highest BCUT2D eigenvalue weighted by atomic mass is 32.2. The number of anilines is 1. The molecule has 0 amide bonds. The lowest BCUT2D eigenvalue weighted by atomic mass is 10.1. The summed E-state index contributed by atoms with van der Waals surface area (Å²) < 4.78 is 32.8. The number of nitrogens with two attached hydrogens (primary N) is 1. The standard InChI is InChI=1S/C14H22N2O3S/c1-10-7-12(15)8-13(11(10)2)20(17,18)16-5-6-19-9-14(16,3)4/h7-8H,5-6,9,15H2,1-4H3. The van der Waals surface area contributed by atoms with Crippen molar-refractivity contribution in [3.8, 4) is 0 Å². The molecule has 2 N–H and O–H groups in total. The van der Waals surface area contributed by atoms with Crippen molar-refractivity contribution in [2.45, 2.75) is 38.1 Å². The van der Waals surface area contributed by atoms with Crippen LogP contribution in [0, 0.1) is 13.8 Å². The van der Waals surface area contributed by atoms with Gasteiger partial charge in [0.25, 0.3) is 0 Å². The fraction of sp³-hybridized carbons (Fsp3) is 0.571. The van der Waals surface area contributed by atoms with Crippen molar-refractivity contribution in [1.29, 1.82) is 0 Å². The second-order valence-corrected chi connectivity index (χ2v) is 7.73. The Morgan fingerprint density at radius 3 is 2.55 bits per heavy atom. The zero-order valence-corrected chi connectivity index (χ0v) is 13.3. The van der Waals surface area contributed by atoms with Crippen LogP contribution in [0.3, 0.4) is 0 Å². The van der Waals surface area contributed by atoms with E-state index in [1.165, 1.54) is 4.31 Å². The summed E-state index contributed by atoms with van der Waals surface area (Å²) in [5, 5.41) is 0. The number of rotatable bonds is 2. The van der Waals surface area contributed by atoms with E-state index in [0.29, 0.717) is 30.3 Å². The van der Waals surface area contributed by atoms with Crippen LogP contribution in [0.4, 0.5) is 5.69 Å². The molecule has 0 saturated carbocycles. The topological polar surface area (TPSA) is 72.6 Å². The van der Waals surface area contributed by atoms with E-state index in [0.717, 1.165) is 11.1 Å². The number of hydrogen-bond acceptors (Lipinski definition) is 4. The summed E-state index contributed by atoms with van der Waals surface area (Å²) >= 11 is 0. The summed E-state index contributed by atoms with van der Waals surface area (Å²) in [6, 6.07) is 3.34. The average Bonchev–Trinajstić information content (AvgIpc) is 2.32. The molecule has 6 heteroatoms. The van der Waals surface area contributed by atoms with Gasteiger partial charge in [0.1, 0.15) is 0 Å². The van der Waals surface area contributed by atoms with Crippen LogP contribution >= 0.6 is 0 Å². The minimum absolute atomic E-state index is 0.296. The molecule has 0 aliphatic carbocycles. The maximum Gasteiger partial charge on any atom is 0.244 e. The third kappa shape index (κ3) is 2.55. The van der Waals surface area contributed by atoms with Crippen molar-refractivity contribution in [3.05, 3.63) is 23.3 Å². The van der Waals surface area contributed by atoms with Gasteiger partial charge in [-0.15, -0.1) is 0 Å². The van der Waals surface area contributed by atoms with Gasteiger partial charge in [-0.05, 0) is 51.0 Å². The summed E-state index contributed by atoms with van der Waals surface area (Å²) in [5.41, 5.74) is 7.37. The molecule has 0 unspecified atom stereocenters. The summed E-state index contributed by atoms with van der Waals surface area (Å²) in [4.78, 5) is 0.296. The second-order valence-electron chi connectivity index (χ2n) is 5.90. The number of aryl methyl sites for hydroxylation is 1. The van der Waals surface area contributed by atoms with Crippen LogP contribution in [-0.2, 0) is 14.8 Å². The minimum Gasteiger partial charge on any atom is -0.399 e. The summed E-state index contributed by atoms with van der Waals surface area (Å²) in [6.45, 7) is 8.61. The molecule has 0 spiro atoms. The van der Waals surface area contributed by atoms with Crippen molar-refractivity contribution < 1.29 is 13.2 Å². The zero-order chi connectivity index (χ0) is 15.1. The van der Waals surface area contributed by atoms with Crippen molar-refractivity contribution in [3.63, 3.8) is 0 Å². The Kier molecular flexibility index (Phi) is 3.83. The maximum atomic E-state index is 12.9. The van der Waals surface area contributed by atoms with Gasteiger partial charge in [-0.2, -0.15) is 4.31 Å². The molecule has 20 heavy (non-hydrogen) atoms. The number of hydrogen-bond donors (Lipinski definition) is 1. The summed E-state index contributed by atoms with van der Waals surface area (Å²) in [5.74, 6) is 0. The first-order valence-electron chi connectivity index (χ1n) is 6.63. The Balaban J connectivity index is 2.56. The number of nitrogen functional groups attached to an aromatic ring is 1. The Morgan fingerprint density at radius 2 is 1.95 bits per heavy atom. The van der Waals surface area contributed by atoms with Gasteiger partial charge in [-0.3, -0.25) is 0 Å². The SMILES string of the molecule is Cc1cc(N)cc(S(=O)(=O)N2CCOCC2(C)C)c1C. The number of ether oxygens (including phenoxy) is 1. The van der Waals surface area contributed by atoms with Crippen LogP contribution in [0.2, 0.25) is 0 Å². The first-order valence-corrected chi connectivity index (χ1v) is 8.07. The highest BCUT2D eigenvalue weighted by Gasteiger charge is 2.40. The van der Waals surface area contributed by atoms with Crippen molar-refractivity contribution in [1.82, 2.24) is 4.31 Å². The van der Waals surface area contributed by atoms with Gasteiger partial charge in [0.15, 0.2) is 0 Å². The van der Waals surface area contributed by atoms with E-state index in [9.17, 15) is 8.42 Å². The monoisotopic (exact) mass is 298 g/mol. The lowest BCUT2D eigenvalue weighted by molar-refractivity contribution is -0.00772. The van der Waals surface area contributed by atoms with E-state index >= 15 is 0 Å². The van der Waals surface area contributed by atoms with Crippen molar-refractivity contribution >= 4 is 15.7 Å². The predicted octanol–water partition coefficient (Wildman–Crippen LogP) is 1.69. The van der Waals surface area contributed by atoms with Gasteiger partial charge in [0.2, 0.25) is 10.0 Å². The fourth-order valence-electron chi connectivity index (χ4n) is 2.53. The summed E-state index contributed by atoms with van der Waals surface area (Å²) in [7, 11) is -3.57. The third-order valence-electron chi connectivity index (χ3n) is 3.78. The molecule has 0 atom stereocenters. The van der Waals surface area contributed by atoms with E-state index in [4.69, 9.17) is 10.5 Å². The average molecular weight is 298 g/mol. The Bertz CT molecular complexity index is 624. The lowest BCUT2D eigenvalue weighted by Gasteiger charge is -2.41. The molecule has 1 aromatic rings. The van der Waals surface area contributed by atoms with E-state index in [1.807, 2.05) is 27.7 Å². The van der Waals surface area contributed by atoms with Crippen molar-refractivity contribution in [2.75, 3.05) is 25.5 Å².